The summed E-state index contributed by atoms with van der Waals surface area (Å²) >= 11 is 0. The van der Waals surface area contributed by atoms with Crippen molar-refractivity contribution >= 4 is 19.8 Å². The highest BCUT2D eigenvalue weighted by Gasteiger charge is 2.21. The Kier molecular flexibility index (Phi) is 35.0. The number of carbonyl (C=O) groups is 2. The average Bonchev–Trinajstić information content (AvgIpc) is 3.09. The molecule has 0 saturated carbocycles. The Morgan fingerprint density at radius 2 is 0.865 bits per heavy atom. The number of rotatable bonds is 40. The van der Waals surface area contributed by atoms with Crippen molar-refractivity contribution in [2.75, 3.05) is 47.5 Å². The molecule has 0 spiro atoms. The van der Waals surface area contributed by atoms with Crippen LogP contribution in [0.5, 0.6) is 0 Å². The van der Waals surface area contributed by atoms with Crippen molar-refractivity contribution in [1.82, 2.24) is 0 Å². The topological polar surface area (TPSA) is 111 Å². The molecule has 0 rings (SSSR count). The number of hydrogen-bond acceptors (Lipinski definition) is 8. The standard InChI is InChI=1S/C42H84NO8P/c1-6-8-10-12-14-16-18-20-21-22-23-25-27-29-31-33-35-42(45)51-40(39-50-52(46,47)49-37-36-43(3,4)5)38-48-41(44)34-32-30-28-26-24-19-17-15-13-11-9-7-2/h40H,6-39H2,1-5H3. The van der Waals surface area contributed by atoms with Crippen molar-refractivity contribution in [3.63, 3.8) is 0 Å². The first-order chi connectivity index (χ1) is 25.0. The highest BCUT2D eigenvalue weighted by Crippen LogP contribution is 2.38. The molecule has 0 radical (unpaired) electrons. The van der Waals surface area contributed by atoms with E-state index in [1.165, 1.54) is 141 Å². The fourth-order valence-corrected chi connectivity index (χ4v) is 6.91. The van der Waals surface area contributed by atoms with E-state index in [0.717, 1.165) is 32.1 Å². The molecule has 310 valence electrons. The predicted octanol–water partition coefficient (Wildman–Crippen LogP) is 11.4. The Hall–Kier alpha value is -0.990. The molecule has 0 saturated heterocycles. The zero-order valence-corrected chi connectivity index (χ0v) is 35.7. The van der Waals surface area contributed by atoms with E-state index < -0.39 is 26.5 Å². The fraction of sp³-hybridized carbons (Fsp3) is 0.952. The third-order valence-corrected chi connectivity index (χ3v) is 10.6. The van der Waals surface area contributed by atoms with Crippen molar-refractivity contribution < 1.29 is 42.1 Å². The van der Waals surface area contributed by atoms with Crippen LogP contribution in [0.2, 0.25) is 0 Å². The van der Waals surface area contributed by atoms with Crippen LogP contribution in [-0.2, 0) is 32.7 Å². The zero-order valence-electron chi connectivity index (χ0n) is 34.8. The summed E-state index contributed by atoms with van der Waals surface area (Å²) in [5.41, 5.74) is 0. The number of phosphoric ester groups is 1. The van der Waals surface area contributed by atoms with Crippen molar-refractivity contribution in [3.05, 3.63) is 0 Å². The summed E-state index contributed by atoms with van der Waals surface area (Å²) < 4.78 is 33.9. The van der Waals surface area contributed by atoms with E-state index in [4.69, 9.17) is 18.5 Å². The molecule has 2 atom stereocenters. The van der Waals surface area contributed by atoms with Gasteiger partial charge >= 0.3 is 11.9 Å². The second-order valence-corrected chi connectivity index (χ2v) is 17.5. The average molecular weight is 762 g/mol. The summed E-state index contributed by atoms with van der Waals surface area (Å²) in [5.74, 6) is -0.821. The van der Waals surface area contributed by atoms with E-state index in [-0.39, 0.29) is 32.0 Å². The lowest BCUT2D eigenvalue weighted by Crippen LogP contribution is -2.37. The van der Waals surface area contributed by atoms with Gasteiger partial charge in [-0.1, -0.05) is 181 Å². The molecule has 10 heteroatoms. The molecule has 52 heavy (non-hydrogen) atoms. The van der Waals surface area contributed by atoms with Gasteiger partial charge in [-0.05, 0) is 12.8 Å². The lowest BCUT2D eigenvalue weighted by molar-refractivity contribution is -0.870. The van der Waals surface area contributed by atoms with Crippen LogP contribution in [0.4, 0.5) is 0 Å². The molecule has 0 aliphatic heterocycles. The van der Waals surface area contributed by atoms with Gasteiger partial charge in [-0.25, -0.2) is 0 Å². The van der Waals surface area contributed by atoms with E-state index in [2.05, 4.69) is 13.8 Å². The number of unbranched alkanes of at least 4 members (excludes halogenated alkanes) is 26. The third-order valence-electron chi connectivity index (χ3n) is 9.63. The summed E-state index contributed by atoms with van der Waals surface area (Å²) in [6.45, 7) is 4.25. The maximum atomic E-state index is 12.7. The molecular formula is C42H84NO8P. The van der Waals surface area contributed by atoms with Crippen molar-refractivity contribution in [2.24, 2.45) is 0 Å². The predicted molar refractivity (Wildman–Crippen MR) is 213 cm³/mol. The first-order valence-corrected chi connectivity index (χ1v) is 23.2. The Balaban J connectivity index is 4.32. The van der Waals surface area contributed by atoms with Crippen molar-refractivity contribution in [2.45, 2.75) is 213 Å². The summed E-state index contributed by atoms with van der Waals surface area (Å²) in [6, 6.07) is 0. The molecule has 0 aliphatic rings. The third kappa shape index (κ3) is 38.7. The van der Waals surface area contributed by atoms with Gasteiger partial charge in [0.15, 0.2) is 6.10 Å². The number of likely N-dealkylation sites (N-methyl/N-ethyl adjacent to an activating group) is 1. The lowest BCUT2D eigenvalue weighted by Gasteiger charge is -2.28. The van der Waals surface area contributed by atoms with E-state index >= 15 is 0 Å². The molecule has 0 aromatic rings. The van der Waals surface area contributed by atoms with Gasteiger partial charge in [0.1, 0.15) is 19.8 Å². The summed E-state index contributed by atoms with van der Waals surface area (Å²) in [5, 5.41) is 0. The van der Waals surface area contributed by atoms with E-state index in [1.807, 2.05) is 21.1 Å². The van der Waals surface area contributed by atoms with Gasteiger partial charge in [0, 0.05) is 12.8 Å². The summed E-state index contributed by atoms with van der Waals surface area (Å²) in [4.78, 5) is 37.4. The smallest absolute Gasteiger partial charge is 0.306 e. The van der Waals surface area contributed by atoms with Gasteiger partial charge in [0.2, 0.25) is 0 Å². The van der Waals surface area contributed by atoms with E-state index in [0.29, 0.717) is 17.4 Å². The van der Waals surface area contributed by atoms with Crippen molar-refractivity contribution in [1.29, 1.82) is 0 Å². The van der Waals surface area contributed by atoms with Gasteiger partial charge < -0.3 is 27.9 Å². The second kappa shape index (κ2) is 35.7. The highest BCUT2D eigenvalue weighted by molar-refractivity contribution is 7.45. The monoisotopic (exact) mass is 762 g/mol. The number of hydrogen-bond donors (Lipinski definition) is 0. The molecule has 2 unspecified atom stereocenters. The first kappa shape index (κ1) is 51.0. The minimum Gasteiger partial charge on any atom is -0.756 e. The molecule has 0 amide bonds. The maximum Gasteiger partial charge on any atom is 0.306 e. The van der Waals surface area contributed by atoms with E-state index in [9.17, 15) is 19.0 Å². The van der Waals surface area contributed by atoms with Gasteiger partial charge in [-0.2, -0.15) is 0 Å². The Labute approximate surface area is 321 Å². The van der Waals surface area contributed by atoms with Crippen LogP contribution in [0.1, 0.15) is 206 Å². The summed E-state index contributed by atoms with van der Waals surface area (Å²) in [6.07, 6.45) is 34.0. The van der Waals surface area contributed by atoms with Crippen LogP contribution in [-0.4, -0.2) is 70.0 Å². The normalized spacial score (nSPS) is 13.6. The van der Waals surface area contributed by atoms with Crippen LogP contribution in [0, 0.1) is 0 Å². The van der Waals surface area contributed by atoms with Gasteiger partial charge in [-0.3, -0.25) is 14.2 Å². The molecule has 0 aliphatic carbocycles. The number of phosphoric acid groups is 1. The van der Waals surface area contributed by atoms with Crippen LogP contribution in [0.15, 0.2) is 0 Å². The van der Waals surface area contributed by atoms with Gasteiger partial charge in [-0.15, -0.1) is 0 Å². The number of nitrogens with zero attached hydrogens (tertiary/aromatic N) is 1. The zero-order chi connectivity index (χ0) is 38.6. The Morgan fingerprint density at radius 1 is 0.519 bits per heavy atom. The van der Waals surface area contributed by atoms with E-state index in [1.54, 1.807) is 0 Å². The Morgan fingerprint density at radius 3 is 1.23 bits per heavy atom. The number of quaternary nitrogens is 1. The largest absolute Gasteiger partial charge is 0.756 e. The minimum absolute atomic E-state index is 0.0258. The SMILES string of the molecule is CCCCCCCCCCCCCCCCCCC(=O)OC(COC(=O)CCCCCCCCCCCCCC)COP(=O)([O-])OCC[N+](C)(C)C. The molecule has 9 nitrogen and oxygen atoms in total. The fourth-order valence-electron chi connectivity index (χ4n) is 6.18. The summed E-state index contributed by atoms with van der Waals surface area (Å²) in [7, 11) is 1.18. The lowest BCUT2D eigenvalue weighted by atomic mass is 10.0. The molecule has 0 aromatic carbocycles. The number of ether oxygens (including phenoxy) is 2. The molecule has 0 fully saturated rings. The minimum atomic E-state index is -4.61. The Bertz CT molecular complexity index is 865. The van der Waals surface area contributed by atoms with Crippen LogP contribution in [0.3, 0.4) is 0 Å². The molecule has 0 heterocycles. The first-order valence-electron chi connectivity index (χ1n) is 21.7. The molecular weight excluding hydrogens is 677 g/mol. The number of esters is 2. The van der Waals surface area contributed by atoms with Crippen LogP contribution < -0.4 is 4.89 Å². The molecule has 0 aromatic heterocycles. The maximum absolute atomic E-state index is 12.7. The van der Waals surface area contributed by atoms with Gasteiger partial charge in [0.25, 0.3) is 7.82 Å². The second-order valence-electron chi connectivity index (χ2n) is 16.1. The van der Waals surface area contributed by atoms with Crippen molar-refractivity contribution in [3.8, 4) is 0 Å². The molecule has 0 bridgehead atoms. The van der Waals surface area contributed by atoms with Crippen LogP contribution in [0.25, 0.3) is 0 Å². The van der Waals surface area contributed by atoms with Gasteiger partial charge in [0.05, 0.1) is 27.7 Å². The quantitative estimate of drug-likeness (QED) is 0.0263. The van der Waals surface area contributed by atoms with Crippen LogP contribution >= 0.6 is 7.82 Å². The molecule has 0 N–H and O–H groups in total. The number of carbonyl (C=O) groups excluding carboxylic acids is 2. The highest BCUT2D eigenvalue weighted by atomic mass is 31.2.